The van der Waals surface area contributed by atoms with Crippen LogP contribution in [0.15, 0.2) is 62.5 Å². The number of nitrogens with zero attached hydrogens (tertiary/aromatic N) is 2. The highest BCUT2D eigenvalue weighted by Gasteiger charge is 2.04. The van der Waals surface area contributed by atoms with Crippen LogP contribution in [0.4, 0.5) is 5.69 Å². The zero-order valence-electron chi connectivity index (χ0n) is 10.9. The molecule has 0 saturated carbocycles. The minimum atomic E-state index is 0.648. The molecular weight excluding hydrogens is 398 g/mol. The number of aromatic nitrogens is 2. The lowest BCUT2D eigenvalue weighted by atomic mass is 10.1. The molecule has 0 amide bonds. The Hall–Kier alpha value is -1.66. The van der Waals surface area contributed by atoms with E-state index in [2.05, 4.69) is 47.1 Å². The molecule has 0 unspecified atom stereocenters. The summed E-state index contributed by atoms with van der Waals surface area (Å²) in [5.41, 5.74) is 2.98. The van der Waals surface area contributed by atoms with Crippen molar-refractivity contribution in [3.63, 3.8) is 0 Å². The van der Waals surface area contributed by atoms with E-state index in [0.717, 1.165) is 31.7 Å². The van der Waals surface area contributed by atoms with E-state index in [-0.39, 0.29) is 0 Å². The highest BCUT2D eigenvalue weighted by Crippen LogP contribution is 2.23. The standard InChI is InChI=1S/C15H11Br2N3O/c16-11-5-13(17)14(20-6-11)7-19-12-3-1-10(2-4-12)15-8-18-9-21-15/h1-6,8-9,19H,7H2. The molecule has 3 aromatic rings. The van der Waals surface area contributed by atoms with Crippen molar-refractivity contribution in [2.75, 3.05) is 5.32 Å². The van der Waals surface area contributed by atoms with Gasteiger partial charge in [-0.25, -0.2) is 4.98 Å². The first-order chi connectivity index (χ1) is 10.2. The Bertz CT molecular complexity index is 727. The Morgan fingerprint density at radius 2 is 1.90 bits per heavy atom. The van der Waals surface area contributed by atoms with Crippen LogP contribution in [-0.2, 0) is 6.54 Å². The summed E-state index contributed by atoms with van der Waals surface area (Å²) in [5, 5.41) is 3.34. The number of anilines is 1. The lowest BCUT2D eigenvalue weighted by molar-refractivity contribution is 0.572. The molecule has 0 aliphatic carbocycles. The van der Waals surface area contributed by atoms with Gasteiger partial charge >= 0.3 is 0 Å². The Balaban J connectivity index is 1.68. The number of benzene rings is 1. The van der Waals surface area contributed by atoms with Crippen LogP contribution < -0.4 is 5.32 Å². The molecular formula is C15H11Br2N3O. The van der Waals surface area contributed by atoms with E-state index in [1.54, 1.807) is 12.4 Å². The number of hydrogen-bond donors (Lipinski definition) is 1. The van der Waals surface area contributed by atoms with Crippen LogP contribution in [0.3, 0.4) is 0 Å². The molecule has 0 bridgehead atoms. The molecule has 1 N–H and O–H groups in total. The lowest BCUT2D eigenvalue weighted by Crippen LogP contribution is -2.02. The minimum absolute atomic E-state index is 0.648. The van der Waals surface area contributed by atoms with Crippen molar-refractivity contribution in [3.8, 4) is 11.3 Å². The largest absolute Gasteiger partial charge is 0.444 e. The van der Waals surface area contributed by atoms with Gasteiger partial charge in [0.05, 0.1) is 18.4 Å². The van der Waals surface area contributed by atoms with Gasteiger partial charge in [-0.1, -0.05) is 0 Å². The maximum Gasteiger partial charge on any atom is 0.181 e. The van der Waals surface area contributed by atoms with Gasteiger partial charge in [-0.3, -0.25) is 4.98 Å². The van der Waals surface area contributed by atoms with Crippen LogP contribution >= 0.6 is 31.9 Å². The molecule has 0 aliphatic rings. The fourth-order valence-corrected chi connectivity index (χ4v) is 3.00. The summed E-state index contributed by atoms with van der Waals surface area (Å²) >= 11 is 6.90. The van der Waals surface area contributed by atoms with E-state index in [9.17, 15) is 0 Å². The van der Waals surface area contributed by atoms with Crippen LogP contribution in [0, 0.1) is 0 Å². The third-order valence-electron chi connectivity index (χ3n) is 2.95. The van der Waals surface area contributed by atoms with E-state index in [1.165, 1.54) is 6.39 Å². The highest BCUT2D eigenvalue weighted by molar-refractivity contribution is 9.11. The predicted molar refractivity (Wildman–Crippen MR) is 88.9 cm³/mol. The van der Waals surface area contributed by atoms with Gasteiger partial charge < -0.3 is 9.73 Å². The average Bonchev–Trinajstić information content (AvgIpc) is 3.01. The number of hydrogen-bond acceptors (Lipinski definition) is 4. The molecule has 0 saturated heterocycles. The van der Waals surface area contributed by atoms with Gasteiger partial charge in [0, 0.05) is 26.4 Å². The van der Waals surface area contributed by atoms with Crippen LogP contribution in [0.25, 0.3) is 11.3 Å². The molecule has 106 valence electrons. The fourth-order valence-electron chi connectivity index (χ4n) is 1.87. The SMILES string of the molecule is Brc1cnc(CNc2ccc(-c3cnco3)cc2)c(Br)c1. The van der Waals surface area contributed by atoms with Crippen LogP contribution in [0.1, 0.15) is 5.69 Å². The molecule has 0 aliphatic heterocycles. The van der Waals surface area contributed by atoms with Crippen molar-refractivity contribution in [2.45, 2.75) is 6.54 Å². The van der Waals surface area contributed by atoms with Crippen molar-refractivity contribution in [1.29, 1.82) is 0 Å². The molecule has 0 radical (unpaired) electrons. The van der Waals surface area contributed by atoms with E-state index in [4.69, 9.17) is 4.42 Å². The normalized spacial score (nSPS) is 10.6. The maximum atomic E-state index is 5.26. The van der Waals surface area contributed by atoms with Gasteiger partial charge in [0.2, 0.25) is 0 Å². The molecule has 0 atom stereocenters. The van der Waals surface area contributed by atoms with Gasteiger partial charge in [0.25, 0.3) is 0 Å². The quantitative estimate of drug-likeness (QED) is 0.668. The first kappa shape index (κ1) is 14.3. The number of rotatable bonds is 4. The van der Waals surface area contributed by atoms with Gasteiger partial charge in [0.15, 0.2) is 12.2 Å². The van der Waals surface area contributed by atoms with Crippen LogP contribution in [0.2, 0.25) is 0 Å². The lowest BCUT2D eigenvalue weighted by Gasteiger charge is -2.08. The van der Waals surface area contributed by atoms with Gasteiger partial charge in [-0.2, -0.15) is 0 Å². The van der Waals surface area contributed by atoms with Gasteiger partial charge in [0.1, 0.15) is 0 Å². The number of nitrogens with one attached hydrogen (secondary N) is 1. The summed E-state index contributed by atoms with van der Waals surface area (Å²) in [6.07, 6.45) is 4.91. The van der Waals surface area contributed by atoms with Crippen LogP contribution in [-0.4, -0.2) is 9.97 Å². The second kappa shape index (κ2) is 6.41. The summed E-state index contributed by atoms with van der Waals surface area (Å²) in [4.78, 5) is 8.29. The van der Waals surface area contributed by atoms with E-state index >= 15 is 0 Å². The Morgan fingerprint density at radius 3 is 2.57 bits per heavy atom. The van der Waals surface area contributed by atoms with Crippen molar-refractivity contribution < 1.29 is 4.42 Å². The zero-order valence-corrected chi connectivity index (χ0v) is 14.1. The monoisotopic (exact) mass is 407 g/mol. The van der Waals surface area contributed by atoms with Crippen molar-refractivity contribution in [1.82, 2.24) is 9.97 Å². The molecule has 2 heterocycles. The molecule has 4 nitrogen and oxygen atoms in total. The van der Waals surface area contributed by atoms with Gasteiger partial charge in [-0.05, 0) is 62.2 Å². The number of halogens is 2. The Kier molecular flexibility index (Phi) is 4.36. The smallest absolute Gasteiger partial charge is 0.181 e. The Morgan fingerprint density at radius 1 is 1.10 bits per heavy atom. The highest BCUT2D eigenvalue weighted by atomic mass is 79.9. The third kappa shape index (κ3) is 3.51. The second-order valence-electron chi connectivity index (χ2n) is 4.38. The van der Waals surface area contributed by atoms with Crippen LogP contribution in [0.5, 0.6) is 0 Å². The average molecular weight is 409 g/mol. The Labute approximate surface area is 138 Å². The predicted octanol–water partition coefficient (Wildman–Crippen LogP) is 4.87. The summed E-state index contributed by atoms with van der Waals surface area (Å²) in [5.74, 6) is 0.763. The second-order valence-corrected chi connectivity index (χ2v) is 6.15. The number of oxazole rings is 1. The summed E-state index contributed by atoms with van der Waals surface area (Å²) in [7, 11) is 0. The van der Waals surface area contributed by atoms with Crippen molar-refractivity contribution in [2.24, 2.45) is 0 Å². The van der Waals surface area contributed by atoms with Crippen molar-refractivity contribution >= 4 is 37.5 Å². The topological polar surface area (TPSA) is 51.0 Å². The first-order valence-corrected chi connectivity index (χ1v) is 7.84. The van der Waals surface area contributed by atoms with Gasteiger partial charge in [-0.15, -0.1) is 0 Å². The summed E-state index contributed by atoms with van der Waals surface area (Å²) in [6, 6.07) is 9.98. The van der Waals surface area contributed by atoms with E-state index in [0.29, 0.717) is 6.54 Å². The summed E-state index contributed by atoms with van der Waals surface area (Å²) in [6.45, 7) is 0.648. The molecule has 21 heavy (non-hydrogen) atoms. The minimum Gasteiger partial charge on any atom is -0.444 e. The third-order valence-corrected chi connectivity index (χ3v) is 4.07. The summed E-state index contributed by atoms with van der Waals surface area (Å²) < 4.78 is 7.19. The molecule has 2 aromatic heterocycles. The molecule has 6 heteroatoms. The van der Waals surface area contributed by atoms with Crippen molar-refractivity contribution in [3.05, 3.63) is 63.8 Å². The molecule has 0 spiro atoms. The first-order valence-electron chi connectivity index (χ1n) is 6.25. The molecule has 0 fully saturated rings. The number of pyridine rings is 1. The zero-order chi connectivity index (χ0) is 14.7. The fraction of sp³-hybridized carbons (Fsp3) is 0.0667. The molecule has 1 aromatic carbocycles. The van der Waals surface area contributed by atoms with E-state index in [1.807, 2.05) is 30.3 Å². The molecule has 3 rings (SSSR count). The maximum absolute atomic E-state index is 5.26. The van der Waals surface area contributed by atoms with E-state index < -0.39 is 0 Å².